The summed E-state index contributed by atoms with van der Waals surface area (Å²) >= 11 is 0. The van der Waals surface area contributed by atoms with Crippen molar-refractivity contribution in [1.29, 1.82) is 5.26 Å². The molecule has 2 saturated heterocycles. The maximum Gasteiger partial charge on any atom is 0.161 e. The molecule has 4 aromatic rings. The highest BCUT2D eigenvalue weighted by Gasteiger charge is 2.40. The normalized spacial score (nSPS) is 22.5. The smallest absolute Gasteiger partial charge is 0.161 e. The van der Waals surface area contributed by atoms with Crippen molar-refractivity contribution in [2.24, 2.45) is 0 Å². The van der Waals surface area contributed by atoms with Gasteiger partial charge >= 0.3 is 0 Å². The molecule has 0 aliphatic carbocycles. The van der Waals surface area contributed by atoms with Crippen LogP contribution in [0.4, 0.5) is 17.5 Å². The molecular formula is C25H26N8. The first-order valence-corrected chi connectivity index (χ1v) is 11.6. The molecular weight excluding hydrogens is 412 g/mol. The number of H-pyrrole nitrogens is 1. The third kappa shape index (κ3) is 3.74. The quantitative estimate of drug-likeness (QED) is 0.405. The number of benzene rings is 1. The molecule has 2 aliphatic heterocycles. The summed E-state index contributed by atoms with van der Waals surface area (Å²) in [6, 6.07) is 17.8. The van der Waals surface area contributed by atoms with E-state index in [9.17, 15) is 0 Å². The molecule has 6 rings (SSSR count). The molecule has 2 bridgehead atoms. The van der Waals surface area contributed by atoms with E-state index < -0.39 is 0 Å². The van der Waals surface area contributed by atoms with Crippen molar-refractivity contribution in [3.8, 4) is 6.07 Å². The van der Waals surface area contributed by atoms with Crippen molar-refractivity contribution in [3.05, 3.63) is 48.7 Å². The van der Waals surface area contributed by atoms with Gasteiger partial charge in [0.2, 0.25) is 0 Å². The van der Waals surface area contributed by atoms with E-state index in [1.807, 2.05) is 42.6 Å². The fraction of sp³-hybridized carbons (Fsp3) is 0.360. The number of fused-ring (bicyclic) bond motifs is 4. The Morgan fingerprint density at radius 3 is 2.73 bits per heavy atom. The zero-order chi connectivity index (χ0) is 22.2. The summed E-state index contributed by atoms with van der Waals surface area (Å²) in [6.45, 7) is 0.890. The van der Waals surface area contributed by atoms with Crippen molar-refractivity contribution in [2.75, 3.05) is 17.2 Å². The van der Waals surface area contributed by atoms with E-state index >= 15 is 0 Å². The first-order chi connectivity index (χ1) is 16.3. The van der Waals surface area contributed by atoms with Crippen LogP contribution in [0.15, 0.2) is 48.7 Å². The molecule has 166 valence electrons. The zero-order valence-corrected chi connectivity index (χ0v) is 18.3. The maximum atomic E-state index is 9.00. The van der Waals surface area contributed by atoms with Crippen molar-refractivity contribution >= 4 is 39.3 Å². The van der Waals surface area contributed by atoms with Gasteiger partial charge in [0.25, 0.3) is 0 Å². The Morgan fingerprint density at radius 2 is 1.88 bits per heavy atom. The van der Waals surface area contributed by atoms with Crippen LogP contribution in [0.5, 0.6) is 0 Å². The number of piperidine rings is 1. The number of aromatic nitrogens is 4. The molecule has 1 unspecified atom stereocenters. The number of anilines is 3. The highest BCUT2D eigenvalue weighted by atomic mass is 15.2. The van der Waals surface area contributed by atoms with E-state index in [-0.39, 0.29) is 0 Å². The van der Waals surface area contributed by atoms with Gasteiger partial charge < -0.3 is 10.6 Å². The summed E-state index contributed by atoms with van der Waals surface area (Å²) in [5.41, 5.74) is 1.88. The van der Waals surface area contributed by atoms with Crippen molar-refractivity contribution in [1.82, 2.24) is 25.1 Å². The summed E-state index contributed by atoms with van der Waals surface area (Å²) in [7, 11) is 0. The van der Waals surface area contributed by atoms with Crippen LogP contribution in [0.2, 0.25) is 0 Å². The number of hydrogen-bond acceptors (Lipinski definition) is 7. The van der Waals surface area contributed by atoms with Crippen LogP contribution in [0.1, 0.15) is 32.1 Å². The SMILES string of the molecule is N#CCCN1[C@@H]2CC[C@H]1CC(Nc1nc(Nc3n[nH]c4ccccc34)cc3ncccc13)C2. The van der Waals surface area contributed by atoms with Gasteiger partial charge in [-0.15, -0.1) is 0 Å². The third-order valence-corrected chi connectivity index (χ3v) is 7.02. The van der Waals surface area contributed by atoms with Gasteiger partial charge in [-0.3, -0.25) is 15.0 Å². The van der Waals surface area contributed by atoms with Gasteiger partial charge in [0.1, 0.15) is 11.6 Å². The number of nitriles is 1. The number of nitrogens with zero attached hydrogens (tertiary/aromatic N) is 5. The molecule has 0 spiro atoms. The summed E-state index contributed by atoms with van der Waals surface area (Å²) in [5.74, 6) is 2.33. The van der Waals surface area contributed by atoms with Crippen molar-refractivity contribution in [3.63, 3.8) is 0 Å². The lowest BCUT2D eigenvalue weighted by Gasteiger charge is -2.39. The number of aromatic amines is 1. The van der Waals surface area contributed by atoms with Crippen LogP contribution in [0, 0.1) is 11.3 Å². The Balaban J connectivity index is 1.28. The van der Waals surface area contributed by atoms with Gasteiger partial charge in [0, 0.05) is 54.1 Å². The Kier molecular flexibility index (Phi) is 5.04. The highest BCUT2D eigenvalue weighted by Crippen LogP contribution is 2.37. The highest BCUT2D eigenvalue weighted by molar-refractivity contribution is 5.94. The fourth-order valence-corrected chi connectivity index (χ4v) is 5.56. The number of rotatable bonds is 6. The second-order valence-corrected chi connectivity index (χ2v) is 9.01. The number of pyridine rings is 2. The molecule has 8 heteroatoms. The van der Waals surface area contributed by atoms with Crippen LogP contribution in [-0.4, -0.2) is 49.7 Å². The van der Waals surface area contributed by atoms with Crippen molar-refractivity contribution in [2.45, 2.75) is 50.2 Å². The predicted molar refractivity (Wildman–Crippen MR) is 129 cm³/mol. The Hall–Kier alpha value is -3.70. The van der Waals surface area contributed by atoms with E-state index in [1.165, 1.54) is 12.8 Å². The molecule has 0 saturated carbocycles. The van der Waals surface area contributed by atoms with Gasteiger partial charge in [-0.2, -0.15) is 10.4 Å². The first kappa shape index (κ1) is 19.9. The average molecular weight is 439 g/mol. The molecule has 5 heterocycles. The minimum Gasteiger partial charge on any atom is -0.367 e. The summed E-state index contributed by atoms with van der Waals surface area (Å²) < 4.78 is 0. The van der Waals surface area contributed by atoms with Crippen LogP contribution in [-0.2, 0) is 0 Å². The lowest BCUT2D eigenvalue weighted by atomic mass is 9.97. The molecule has 2 aliphatic rings. The molecule has 3 N–H and O–H groups in total. The van der Waals surface area contributed by atoms with Crippen LogP contribution < -0.4 is 10.6 Å². The molecule has 0 radical (unpaired) electrons. The van der Waals surface area contributed by atoms with E-state index in [2.05, 4.69) is 42.9 Å². The molecule has 1 aromatic carbocycles. The average Bonchev–Trinajstić information content (AvgIpc) is 3.34. The molecule has 8 nitrogen and oxygen atoms in total. The summed E-state index contributed by atoms with van der Waals surface area (Å²) in [4.78, 5) is 12.1. The van der Waals surface area contributed by atoms with Crippen LogP contribution in [0.25, 0.3) is 21.8 Å². The fourth-order valence-electron chi connectivity index (χ4n) is 5.56. The molecule has 33 heavy (non-hydrogen) atoms. The topological polar surface area (TPSA) is 106 Å². The van der Waals surface area contributed by atoms with Crippen molar-refractivity contribution < 1.29 is 0 Å². The number of nitrogens with one attached hydrogen (secondary N) is 3. The second kappa shape index (κ2) is 8.34. The molecule has 3 atom stereocenters. The van der Waals surface area contributed by atoms with Gasteiger partial charge in [-0.1, -0.05) is 12.1 Å². The minimum atomic E-state index is 0.359. The van der Waals surface area contributed by atoms with Gasteiger partial charge in [-0.25, -0.2) is 4.98 Å². The third-order valence-electron chi connectivity index (χ3n) is 7.02. The molecule has 3 aromatic heterocycles. The standard InChI is InChI=1S/C25H26N8/c26-10-4-12-33-17-8-9-18(33)14-16(13-17)28-24-20-6-3-11-27-22(20)15-23(29-24)30-25-19-5-1-2-7-21(19)31-32-25/h1-3,5-7,11,15-18H,4,8-9,12-14H2,(H3,28,29,30,31,32)/t16?,17-,18+. The number of para-hydroxylation sites is 1. The van der Waals surface area contributed by atoms with Gasteiger partial charge in [0.05, 0.1) is 17.1 Å². The van der Waals surface area contributed by atoms with Gasteiger partial charge in [0.15, 0.2) is 5.82 Å². The van der Waals surface area contributed by atoms with E-state index in [4.69, 9.17) is 10.2 Å². The monoisotopic (exact) mass is 438 g/mol. The maximum absolute atomic E-state index is 9.00. The second-order valence-electron chi connectivity index (χ2n) is 9.01. The van der Waals surface area contributed by atoms with E-state index in [0.29, 0.717) is 24.5 Å². The predicted octanol–water partition coefficient (Wildman–Crippen LogP) is 4.57. The Labute approximate surface area is 192 Å². The number of hydrogen-bond donors (Lipinski definition) is 3. The summed E-state index contributed by atoms with van der Waals surface area (Å²) in [6.07, 6.45) is 7.02. The minimum absolute atomic E-state index is 0.359. The molecule has 0 amide bonds. The van der Waals surface area contributed by atoms with E-state index in [1.54, 1.807) is 0 Å². The Morgan fingerprint density at radius 1 is 1.06 bits per heavy atom. The van der Waals surface area contributed by atoms with Crippen LogP contribution in [0.3, 0.4) is 0 Å². The lowest BCUT2D eigenvalue weighted by molar-refractivity contribution is 0.136. The Bertz CT molecular complexity index is 1330. The van der Waals surface area contributed by atoms with Gasteiger partial charge in [-0.05, 0) is 49.9 Å². The molecule has 2 fully saturated rings. The first-order valence-electron chi connectivity index (χ1n) is 11.6. The van der Waals surface area contributed by atoms with Crippen LogP contribution >= 0.6 is 0 Å². The van der Waals surface area contributed by atoms with E-state index in [0.717, 1.165) is 58.6 Å². The summed E-state index contributed by atoms with van der Waals surface area (Å²) in [5, 5.41) is 25.7. The zero-order valence-electron chi connectivity index (χ0n) is 18.3. The lowest BCUT2D eigenvalue weighted by Crippen LogP contribution is -2.47. The largest absolute Gasteiger partial charge is 0.367 e.